The molecule has 0 bridgehead atoms. The first kappa shape index (κ1) is 14.0. The number of hydrogen-bond acceptors (Lipinski definition) is 3. The number of benzene rings is 2. The highest BCUT2D eigenvalue weighted by atomic mass is 79.9. The van der Waals surface area contributed by atoms with Crippen molar-refractivity contribution in [3.8, 4) is 11.5 Å². The monoisotopic (exact) mass is 342 g/mol. The Labute approximate surface area is 131 Å². The maximum atomic E-state index is 6.01. The number of ether oxygens (including phenoxy) is 1. The van der Waals surface area contributed by atoms with Crippen LogP contribution in [0.3, 0.4) is 0 Å². The van der Waals surface area contributed by atoms with Crippen molar-refractivity contribution < 1.29 is 4.74 Å². The minimum absolute atomic E-state index is 0.639. The molecule has 2 N–H and O–H groups in total. The molecule has 1 aromatic heterocycles. The summed E-state index contributed by atoms with van der Waals surface area (Å²) < 4.78 is 6.93. The second-order valence-electron chi connectivity index (χ2n) is 4.74. The highest BCUT2D eigenvalue weighted by Gasteiger charge is 2.07. The molecule has 0 fully saturated rings. The lowest BCUT2D eigenvalue weighted by molar-refractivity contribution is 0.484. The normalized spacial score (nSPS) is 10.8. The molecule has 1 heterocycles. The lowest BCUT2D eigenvalue weighted by Gasteiger charge is -2.11. The molecule has 0 aliphatic rings. The molecule has 3 aromatic rings. The minimum Gasteiger partial charge on any atom is -0.454 e. The van der Waals surface area contributed by atoms with Crippen LogP contribution in [0.5, 0.6) is 11.5 Å². The molecule has 4 heteroatoms. The Bertz CT molecular complexity index is 768. The smallest absolute Gasteiger partial charge is 0.153 e. The number of para-hydroxylation sites is 1. The average molecular weight is 343 g/mol. The molecule has 3 rings (SSSR count). The van der Waals surface area contributed by atoms with Crippen molar-refractivity contribution in [2.45, 2.75) is 6.42 Å². The zero-order valence-electron chi connectivity index (χ0n) is 11.4. The molecule has 0 spiro atoms. The second kappa shape index (κ2) is 6.24. The molecule has 106 valence electrons. The summed E-state index contributed by atoms with van der Waals surface area (Å²) in [6.07, 6.45) is 2.63. The van der Waals surface area contributed by atoms with Gasteiger partial charge in [0.25, 0.3) is 0 Å². The topological polar surface area (TPSA) is 48.1 Å². The van der Waals surface area contributed by atoms with E-state index in [0.29, 0.717) is 6.54 Å². The third-order valence-electron chi connectivity index (χ3n) is 3.24. The molecule has 0 aliphatic carbocycles. The zero-order valence-corrected chi connectivity index (χ0v) is 13.0. The van der Waals surface area contributed by atoms with Crippen molar-refractivity contribution >= 4 is 26.8 Å². The van der Waals surface area contributed by atoms with Crippen LogP contribution in [0.2, 0.25) is 0 Å². The summed E-state index contributed by atoms with van der Waals surface area (Å²) in [6, 6.07) is 15.9. The van der Waals surface area contributed by atoms with Gasteiger partial charge in [0.1, 0.15) is 11.3 Å². The molecule has 0 saturated carbocycles. The van der Waals surface area contributed by atoms with Gasteiger partial charge in [0.2, 0.25) is 0 Å². The predicted molar refractivity (Wildman–Crippen MR) is 88.7 cm³/mol. The maximum absolute atomic E-state index is 6.01. The van der Waals surface area contributed by atoms with Crippen LogP contribution >= 0.6 is 15.9 Å². The first-order valence-corrected chi connectivity index (χ1v) is 7.57. The van der Waals surface area contributed by atoms with Crippen LogP contribution in [0.25, 0.3) is 10.9 Å². The molecule has 0 radical (unpaired) electrons. The summed E-state index contributed by atoms with van der Waals surface area (Å²) in [6.45, 7) is 0.639. The number of aromatic nitrogens is 1. The van der Waals surface area contributed by atoms with Gasteiger partial charge in [0, 0.05) is 11.6 Å². The van der Waals surface area contributed by atoms with E-state index in [4.69, 9.17) is 10.5 Å². The molecule has 0 atom stereocenters. The largest absolute Gasteiger partial charge is 0.454 e. The number of halogens is 1. The van der Waals surface area contributed by atoms with E-state index in [9.17, 15) is 0 Å². The van der Waals surface area contributed by atoms with Gasteiger partial charge in [-0.1, -0.05) is 24.3 Å². The van der Waals surface area contributed by atoms with E-state index in [-0.39, 0.29) is 0 Å². The Morgan fingerprint density at radius 3 is 2.71 bits per heavy atom. The summed E-state index contributed by atoms with van der Waals surface area (Å²) in [7, 11) is 0. The number of pyridine rings is 1. The van der Waals surface area contributed by atoms with Crippen LogP contribution in [-0.2, 0) is 6.42 Å². The van der Waals surface area contributed by atoms with Crippen LogP contribution in [0, 0.1) is 0 Å². The molecular weight excluding hydrogens is 328 g/mol. The summed E-state index contributed by atoms with van der Waals surface area (Å²) in [4.78, 5) is 4.40. The highest BCUT2D eigenvalue weighted by Crippen LogP contribution is 2.33. The van der Waals surface area contributed by atoms with Crippen molar-refractivity contribution in [2.24, 2.45) is 5.73 Å². The van der Waals surface area contributed by atoms with Gasteiger partial charge in [-0.15, -0.1) is 0 Å². The van der Waals surface area contributed by atoms with Crippen LogP contribution in [-0.4, -0.2) is 11.5 Å². The Kier molecular flexibility index (Phi) is 4.18. The van der Waals surface area contributed by atoms with E-state index in [2.05, 4.69) is 20.9 Å². The van der Waals surface area contributed by atoms with Crippen molar-refractivity contribution in [2.75, 3.05) is 6.54 Å². The van der Waals surface area contributed by atoms with E-state index in [0.717, 1.165) is 33.3 Å². The summed E-state index contributed by atoms with van der Waals surface area (Å²) >= 11 is 3.55. The lowest BCUT2D eigenvalue weighted by Crippen LogP contribution is -2.02. The fourth-order valence-corrected chi connectivity index (χ4v) is 2.73. The molecule has 3 nitrogen and oxygen atoms in total. The molecule has 0 unspecified atom stereocenters. The van der Waals surface area contributed by atoms with Crippen LogP contribution in [0.15, 0.2) is 59.2 Å². The Morgan fingerprint density at radius 2 is 1.90 bits per heavy atom. The summed E-state index contributed by atoms with van der Waals surface area (Å²) in [5.74, 6) is 1.52. The Balaban J connectivity index is 1.95. The lowest BCUT2D eigenvalue weighted by atomic mass is 10.1. The quantitative estimate of drug-likeness (QED) is 0.769. The van der Waals surface area contributed by atoms with Gasteiger partial charge in [0.05, 0.1) is 4.47 Å². The van der Waals surface area contributed by atoms with Crippen LogP contribution in [0.4, 0.5) is 0 Å². The number of hydrogen-bond donors (Lipinski definition) is 1. The van der Waals surface area contributed by atoms with Gasteiger partial charge in [0.15, 0.2) is 5.75 Å². The van der Waals surface area contributed by atoms with Crippen molar-refractivity contribution in [1.82, 2.24) is 4.98 Å². The second-order valence-corrected chi connectivity index (χ2v) is 5.59. The van der Waals surface area contributed by atoms with Crippen molar-refractivity contribution in [3.63, 3.8) is 0 Å². The SMILES string of the molecule is NCCc1ccc(Oc2cccc3cccnc23)c(Br)c1. The standard InChI is InChI=1S/C17H15BrN2O/c18-14-11-12(8-9-19)6-7-15(14)21-16-5-1-3-13-4-2-10-20-17(13)16/h1-7,10-11H,8-9,19H2. The first-order chi connectivity index (χ1) is 10.3. The number of fused-ring (bicyclic) bond motifs is 1. The van der Waals surface area contributed by atoms with E-state index in [1.54, 1.807) is 6.20 Å². The van der Waals surface area contributed by atoms with E-state index in [1.807, 2.05) is 48.5 Å². The van der Waals surface area contributed by atoms with E-state index < -0.39 is 0 Å². The van der Waals surface area contributed by atoms with Gasteiger partial charge in [-0.25, -0.2) is 0 Å². The molecule has 21 heavy (non-hydrogen) atoms. The minimum atomic E-state index is 0.639. The highest BCUT2D eigenvalue weighted by molar-refractivity contribution is 9.10. The van der Waals surface area contributed by atoms with Gasteiger partial charge in [-0.2, -0.15) is 0 Å². The van der Waals surface area contributed by atoms with Crippen LogP contribution < -0.4 is 10.5 Å². The Morgan fingerprint density at radius 1 is 1.05 bits per heavy atom. The van der Waals surface area contributed by atoms with Crippen molar-refractivity contribution in [1.29, 1.82) is 0 Å². The third-order valence-corrected chi connectivity index (χ3v) is 3.86. The summed E-state index contributed by atoms with van der Waals surface area (Å²) in [5, 5.41) is 1.06. The summed E-state index contributed by atoms with van der Waals surface area (Å²) in [5.41, 5.74) is 7.63. The molecular formula is C17H15BrN2O. The number of rotatable bonds is 4. The first-order valence-electron chi connectivity index (χ1n) is 6.78. The van der Waals surface area contributed by atoms with Crippen LogP contribution in [0.1, 0.15) is 5.56 Å². The Hall–Kier alpha value is -1.91. The zero-order chi connectivity index (χ0) is 14.7. The number of nitrogens with zero attached hydrogens (tertiary/aromatic N) is 1. The van der Waals surface area contributed by atoms with Gasteiger partial charge in [-0.3, -0.25) is 4.98 Å². The van der Waals surface area contributed by atoms with E-state index >= 15 is 0 Å². The third kappa shape index (κ3) is 3.06. The van der Waals surface area contributed by atoms with Gasteiger partial charge >= 0.3 is 0 Å². The molecule has 0 aliphatic heterocycles. The molecule has 2 aromatic carbocycles. The predicted octanol–water partition coefficient (Wildman–Crippen LogP) is 4.29. The van der Waals surface area contributed by atoms with Gasteiger partial charge in [-0.05, 0) is 58.7 Å². The molecule has 0 amide bonds. The fraction of sp³-hybridized carbons (Fsp3) is 0.118. The van der Waals surface area contributed by atoms with Crippen molar-refractivity contribution in [3.05, 3.63) is 64.8 Å². The van der Waals surface area contributed by atoms with Gasteiger partial charge < -0.3 is 10.5 Å². The number of nitrogens with two attached hydrogens (primary N) is 1. The molecule has 0 saturated heterocycles. The van der Waals surface area contributed by atoms with E-state index in [1.165, 1.54) is 5.56 Å². The maximum Gasteiger partial charge on any atom is 0.153 e. The fourth-order valence-electron chi connectivity index (χ4n) is 2.23. The average Bonchev–Trinajstić information content (AvgIpc) is 2.51.